The molecule has 2 aromatic carbocycles. The first kappa shape index (κ1) is 20.4. The van der Waals surface area contributed by atoms with Crippen LogP contribution in [0.1, 0.15) is 42.1 Å². The van der Waals surface area contributed by atoms with Crippen LogP contribution in [0.4, 0.5) is 5.69 Å². The quantitative estimate of drug-likeness (QED) is 0.699. The molecule has 0 aromatic heterocycles. The Balaban J connectivity index is 1.38. The average molecular weight is 380 g/mol. The zero-order chi connectivity index (χ0) is 19.8. The normalized spacial score (nSPS) is 15.4. The van der Waals surface area contributed by atoms with Crippen LogP contribution in [0.3, 0.4) is 0 Å². The van der Waals surface area contributed by atoms with Gasteiger partial charge in [-0.3, -0.25) is 9.69 Å². The van der Waals surface area contributed by atoms with Crippen molar-refractivity contribution < 1.29 is 4.79 Å². The molecule has 1 N–H and O–H groups in total. The molecule has 1 aliphatic heterocycles. The van der Waals surface area contributed by atoms with E-state index in [9.17, 15) is 4.79 Å². The lowest BCUT2D eigenvalue weighted by Gasteiger charge is -2.30. The minimum atomic E-state index is 0.0145. The summed E-state index contributed by atoms with van der Waals surface area (Å²) >= 11 is 0. The fraction of sp³-hybridized carbons (Fsp3) is 0.458. The van der Waals surface area contributed by atoms with Crippen LogP contribution in [-0.2, 0) is 6.54 Å². The van der Waals surface area contributed by atoms with E-state index in [1.165, 1.54) is 37.2 Å². The molecule has 4 heteroatoms. The van der Waals surface area contributed by atoms with Gasteiger partial charge < -0.3 is 10.2 Å². The van der Waals surface area contributed by atoms with E-state index in [1.54, 1.807) is 0 Å². The smallest absolute Gasteiger partial charge is 0.251 e. The van der Waals surface area contributed by atoms with Crippen molar-refractivity contribution in [3.63, 3.8) is 0 Å². The number of piperidine rings is 1. The van der Waals surface area contributed by atoms with Crippen molar-refractivity contribution in [2.24, 2.45) is 5.92 Å². The van der Waals surface area contributed by atoms with Crippen molar-refractivity contribution >= 4 is 11.6 Å². The second-order valence-electron chi connectivity index (χ2n) is 8.02. The van der Waals surface area contributed by atoms with Crippen LogP contribution in [0.5, 0.6) is 0 Å². The van der Waals surface area contributed by atoms with Crippen molar-refractivity contribution in [1.82, 2.24) is 10.2 Å². The molecule has 0 aliphatic carbocycles. The predicted octanol–water partition coefficient (Wildman–Crippen LogP) is 4.17. The Bertz CT molecular complexity index is 721. The highest BCUT2D eigenvalue weighted by Gasteiger charge is 2.15. The monoisotopic (exact) mass is 379 g/mol. The van der Waals surface area contributed by atoms with E-state index in [4.69, 9.17) is 0 Å². The van der Waals surface area contributed by atoms with Crippen LogP contribution in [-0.4, -0.2) is 44.0 Å². The number of likely N-dealkylation sites (tertiary alicyclic amines) is 1. The van der Waals surface area contributed by atoms with Crippen molar-refractivity contribution in [2.75, 3.05) is 38.1 Å². The number of nitrogens with one attached hydrogen (secondary N) is 1. The minimum Gasteiger partial charge on any atom is -0.375 e. The van der Waals surface area contributed by atoms with Gasteiger partial charge in [0.2, 0.25) is 0 Å². The third kappa shape index (κ3) is 6.10. The first-order valence-electron chi connectivity index (χ1n) is 10.5. The molecule has 0 atom stereocenters. The number of anilines is 1. The van der Waals surface area contributed by atoms with Crippen LogP contribution >= 0.6 is 0 Å². The highest BCUT2D eigenvalue weighted by Crippen LogP contribution is 2.18. The van der Waals surface area contributed by atoms with Gasteiger partial charge in [-0.25, -0.2) is 0 Å². The first-order valence-corrected chi connectivity index (χ1v) is 10.5. The molecule has 150 valence electrons. The number of carbonyl (C=O) groups excluding carboxylic acids is 1. The molecule has 1 amide bonds. The summed E-state index contributed by atoms with van der Waals surface area (Å²) in [4.78, 5) is 17.1. The van der Waals surface area contributed by atoms with Gasteiger partial charge in [0, 0.05) is 37.9 Å². The Morgan fingerprint density at radius 3 is 2.43 bits per heavy atom. The summed E-state index contributed by atoms with van der Waals surface area (Å²) in [7, 11) is 2.08. The van der Waals surface area contributed by atoms with Crippen LogP contribution in [0.15, 0.2) is 54.6 Å². The number of hydrogen-bond donors (Lipinski definition) is 1. The van der Waals surface area contributed by atoms with Crippen LogP contribution < -0.4 is 10.2 Å². The predicted molar refractivity (Wildman–Crippen MR) is 117 cm³/mol. The molecule has 1 aliphatic rings. The number of hydrogen-bond acceptors (Lipinski definition) is 3. The van der Waals surface area contributed by atoms with Gasteiger partial charge in [-0.05, 0) is 68.1 Å². The van der Waals surface area contributed by atoms with E-state index in [-0.39, 0.29) is 5.91 Å². The van der Waals surface area contributed by atoms with Crippen molar-refractivity contribution in [1.29, 1.82) is 0 Å². The molecule has 1 fully saturated rings. The molecular weight excluding hydrogens is 346 g/mol. The molecule has 0 unspecified atom stereocenters. The molecule has 4 nitrogen and oxygen atoms in total. The Labute approximate surface area is 169 Å². The van der Waals surface area contributed by atoms with Crippen molar-refractivity contribution in [3.8, 4) is 0 Å². The highest BCUT2D eigenvalue weighted by molar-refractivity contribution is 5.94. The molecule has 1 heterocycles. The zero-order valence-corrected chi connectivity index (χ0v) is 17.2. The second kappa shape index (κ2) is 10.3. The van der Waals surface area contributed by atoms with Gasteiger partial charge in [-0.2, -0.15) is 0 Å². The topological polar surface area (TPSA) is 35.6 Å². The van der Waals surface area contributed by atoms with E-state index in [2.05, 4.69) is 53.4 Å². The third-order valence-corrected chi connectivity index (χ3v) is 5.65. The maximum atomic E-state index is 12.4. The average Bonchev–Trinajstić information content (AvgIpc) is 2.73. The maximum absolute atomic E-state index is 12.4. The van der Waals surface area contributed by atoms with Crippen LogP contribution in [0.2, 0.25) is 0 Å². The fourth-order valence-electron chi connectivity index (χ4n) is 3.67. The molecule has 28 heavy (non-hydrogen) atoms. The van der Waals surface area contributed by atoms with Gasteiger partial charge >= 0.3 is 0 Å². The summed E-state index contributed by atoms with van der Waals surface area (Å²) in [6.07, 6.45) is 3.50. The maximum Gasteiger partial charge on any atom is 0.251 e. The Morgan fingerprint density at radius 2 is 1.75 bits per heavy atom. The molecule has 0 bridgehead atoms. The van der Waals surface area contributed by atoms with Gasteiger partial charge in [0.05, 0.1) is 0 Å². The minimum absolute atomic E-state index is 0.0145. The van der Waals surface area contributed by atoms with Gasteiger partial charge in [0.1, 0.15) is 0 Å². The van der Waals surface area contributed by atoms with Crippen LogP contribution in [0.25, 0.3) is 0 Å². The number of benzene rings is 2. The Hall–Kier alpha value is -2.33. The number of nitrogens with zero attached hydrogens (tertiary/aromatic N) is 2. The summed E-state index contributed by atoms with van der Waals surface area (Å²) in [5.74, 6) is 0.871. The van der Waals surface area contributed by atoms with Crippen molar-refractivity contribution in [2.45, 2.75) is 32.7 Å². The van der Waals surface area contributed by atoms with E-state index in [1.807, 2.05) is 30.3 Å². The molecule has 0 radical (unpaired) electrons. The molecular formula is C24H33N3O. The molecule has 2 aromatic rings. The summed E-state index contributed by atoms with van der Waals surface area (Å²) < 4.78 is 0. The van der Waals surface area contributed by atoms with E-state index >= 15 is 0 Å². The highest BCUT2D eigenvalue weighted by atomic mass is 16.1. The lowest BCUT2D eigenvalue weighted by Crippen LogP contribution is -2.32. The second-order valence-corrected chi connectivity index (χ2v) is 8.02. The van der Waals surface area contributed by atoms with Crippen molar-refractivity contribution in [3.05, 3.63) is 65.7 Å². The lowest BCUT2D eigenvalue weighted by atomic mass is 9.99. The van der Waals surface area contributed by atoms with E-state index in [0.29, 0.717) is 6.54 Å². The summed E-state index contributed by atoms with van der Waals surface area (Å²) in [5.41, 5.74) is 3.23. The Morgan fingerprint density at radius 1 is 1.07 bits per heavy atom. The standard InChI is InChI=1S/C24H33N3O/c1-20-13-17-27(18-14-20)19-21-9-11-22(12-10-21)24(28)25-15-6-16-26(2)23-7-4-3-5-8-23/h3-5,7-12,20H,6,13-19H2,1-2H3,(H,25,28). The SMILES string of the molecule is CC1CCN(Cc2ccc(C(=O)NCCCN(C)c3ccccc3)cc2)CC1. The molecule has 3 rings (SSSR count). The largest absolute Gasteiger partial charge is 0.375 e. The van der Waals surface area contributed by atoms with Gasteiger partial charge in [0.25, 0.3) is 5.91 Å². The lowest BCUT2D eigenvalue weighted by molar-refractivity contribution is 0.0953. The van der Waals surface area contributed by atoms with Crippen LogP contribution in [0, 0.1) is 5.92 Å². The summed E-state index contributed by atoms with van der Waals surface area (Å²) in [6.45, 7) is 7.29. The van der Waals surface area contributed by atoms with Gasteiger partial charge in [-0.1, -0.05) is 37.3 Å². The van der Waals surface area contributed by atoms with Gasteiger partial charge in [-0.15, -0.1) is 0 Å². The number of rotatable bonds is 8. The Kier molecular flexibility index (Phi) is 7.49. The third-order valence-electron chi connectivity index (χ3n) is 5.65. The molecule has 0 saturated carbocycles. The number of carbonyl (C=O) groups is 1. The summed E-state index contributed by atoms with van der Waals surface area (Å²) in [5, 5.41) is 3.04. The zero-order valence-electron chi connectivity index (χ0n) is 17.2. The van der Waals surface area contributed by atoms with E-state index < -0.39 is 0 Å². The van der Waals surface area contributed by atoms with Gasteiger partial charge in [0.15, 0.2) is 0 Å². The fourth-order valence-corrected chi connectivity index (χ4v) is 3.67. The summed E-state index contributed by atoms with van der Waals surface area (Å²) in [6, 6.07) is 18.4. The number of amides is 1. The molecule has 0 spiro atoms. The molecule has 1 saturated heterocycles. The van der Waals surface area contributed by atoms with E-state index in [0.717, 1.165) is 31.0 Å². The first-order chi connectivity index (χ1) is 13.6. The number of para-hydroxylation sites is 1.